The van der Waals surface area contributed by atoms with Crippen molar-refractivity contribution in [3.05, 3.63) is 58.4 Å². The molecule has 2 aromatic rings. The molecule has 0 fully saturated rings. The first-order valence-corrected chi connectivity index (χ1v) is 9.41. The maximum absolute atomic E-state index is 12.3. The lowest BCUT2D eigenvalue weighted by molar-refractivity contribution is -0.697. The number of hydrogen-bond acceptors (Lipinski definition) is 1. The smallest absolute Gasteiger partial charge is 0.224 e. The highest BCUT2D eigenvalue weighted by molar-refractivity contribution is 5.92. The number of hydrogen-bond donors (Lipinski definition) is 1. The van der Waals surface area contributed by atoms with Gasteiger partial charge in [-0.15, -0.1) is 0 Å². The number of carbonyl (C=O) groups excluding carboxylic acids is 1. The zero-order valence-corrected chi connectivity index (χ0v) is 15.7. The van der Waals surface area contributed by atoms with Gasteiger partial charge in [-0.1, -0.05) is 17.7 Å². The van der Waals surface area contributed by atoms with Crippen LogP contribution in [0.15, 0.2) is 30.6 Å². The van der Waals surface area contributed by atoms with Crippen LogP contribution in [0.1, 0.15) is 53.5 Å². The summed E-state index contributed by atoms with van der Waals surface area (Å²) in [4.78, 5) is 12.3. The molecule has 3 nitrogen and oxygen atoms in total. The minimum atomic E-state index is 0.105. The minimum Gasteiger partial charge on any atom is -0.326 e. The number of carbonyl (C=O) groups is 1. The average molecular weight is 337 g/mol. The van der Waals surface area contributed by atoms with Gasteiger partial charge in [0.2, 0.25) is 5.91 Å². The number of fused-ring (bicyclic) bond motifs is 1. The van der Waals surface area contributed by atoms with Crippen LogP contribution in [0.5, 0.6) is 0 Å². The summed E-state index contributed by atoms with van der Waals surface area (Å²) in [5, 5.41) is 3.09. The summed E-state index contributed by atoms with van der Waals surface area (Å²) in [5.74, 6) is 0.105. The van der Waals surface area contributed by atoms with Crippen LogP contribution < -0.4 is 9.88 Å². The van der Waals surface area contributed by atoms with Crippen molar-refractivity contribution in [2.45, 2.75) is 65.8 Å². The van der Waals surface area contributed by atoms with E-state index in [1.54, 1.807) is 0 Å². The molecule has 1 aliphatic carbocycles. The van der Waals surface area contributed by atoms with Crippen molar-refractivity contribution >= 4 is 11.6 Å². The third-order valence-corrected chi connectivity index (χ3v) is 5.11. The van der Waals surface area contributed by atoms with Gasteiger partial charge in [-0.3, -0.25) is 4.79 Å². The summed E-state index contributed by atoms with van der Waals surface area (Å²) < 4.78 is 2.24. The maximum Gasteiger partial charge on any atom is 0.224 e. The maximum atomic E-state index is 12.3. The largest absolute Gasteiger partial charge is 0.326 e. The van der Waals surface area contributed by atoms with Crippen LogP contribution in [0.25, 0.3) is 0 Å². The van der Waals surface area contributed by atoms with Gasteiger partial charge in [0.1, 0.15) is 6.54 Å². The van der Waals surface area contributed by atoms with E-state index in [9.17, 15) is 4.79 Å². The van der Waals surface area contributed by atoms with Crippen LogP contribution in [0.2, 0.25) is 0 Å². The third-order valence-electron chi connectivity index (χ3n) is 5.11. The molecule has 1 aromatic carbocycles. The Labute approximate surface area is 151 Å². The molecule has 1 heterocycles. The van der Waals surface area contributed by atoms with E-state index in [-0.39, 0.29) is 5.91 Å². The van der Waals surface area contributed by atoms with Gasteiger partial charge in [0.15, 0.2) is 12.4 Å². The Morgan fingerprint density at radius 3 is 2.48 bits per heavy atom. The molecule has 3 rings (SSSR count). The van der Waals surface area contributed by atoms with Crippen LogP contribution in [-0.4, -0.2) is 5.91 Å². The van der Waals surface area contributed by atoms with Crippen LogP contribution >= 0.6 is 0 Å². The topological polar surface area (TPSA) is 33.0 Å². The Morgan fingerprint density at radius 2 is 1.76 bits per heavy atom. The number of aryl methyl sites for hydroxylation is 6. The number of benzene rings is 1. The van der Waals surface area contributed by atoms with Crippen molar-refractivity contribution in [3.63, 3.8) is 0 Å². The molecule has 0 radical (unpaired) electrons. The molecule has 0 saturated carbocycles. The van der Waals surface area contributed by atoms with Gasteiger partial charge in [0.25, 0.3) is 0 Å². The quantitative estimate of drug-likeness (QED) is 0.815. The summed E-state index contributed by atoms with van der Waals surface area (Å²) in [5.41, 5.74) is 7.47. The third kappa shape index (κ3) is 4.47. The van der Waals surface area contributed by atoms with Crippen molar-refractivity contribution in [3.8, 4) is 0 Å². The van der Waals surface area contributed by atoms with Gasteiger partial charge < -0.3 is 5.32 Å². The standard InChI is InChI=1S/C22H28N2O/c1-16-13-17(2)22(18(3)14-16)23-21(25)9-6-11-24-12-10-19-7-4-5-8-20(19)15-24/h10,12-15H,4-9,11H2,1-3H3/p+1. The average Bonchev–Trinajstić information content (AvgIpc) is 2.58. The van der Waals surface area contributed by atoms with Crippen molar-refractivity contribution < 1.29 is 9.36 Å². The predicted molar refractivity (Wildman–Crippen MR) is 102 cm³/mol. The fourth-order valence-corrected chi connectivity index (χ4v) is 3.86. The monoisotopic (exact) mass is 337 g/mol. The SMILES string of the molecule is Cc1cc(C)c(NC(=O)CCC[n+]2ccc3c(c2)CCCC3)c(C)c1. The highest BCUT2D eigenvalue weighted by Crippen LogP contribution is 2.22. The molecule has 1 aromatic heterocycles. The Morgan fingerprint density at radius 1 is 1.08 bits per heavy atom. The molecule has 1 amide bonds. The Hall–Kier alpha value is -2.16. The Kier molecular flexibility index (Phi) is 5.52. The molecule has 0 saturated heterocycles. The van der Waals surface area contributed by atoms with Crippen molar-refractivity contribution in [1.29, 1.82) is 0 Å². The number of aromatic nitrogens is 1. The van der Waals surface area contributed by atoms with E-state index >= 15 is 0 Å². The molecular formula is C22H29N2O+. The van der Waals surface area contributed by atoms with Gasteiger partial charge >= 0.3 is 0 Å². The Balaban J connectivity index is 1.53. The van der Waals surface area contributed by atoms with Crippen LogP contribution in [-0.2, 0) is 24.2 Å². The zero-order chi connectivity index (χ0) is 17.8. The van der Waals surface area contributed by atoms with Crippen molar-refractivity contribution in [2.75, 3.05) is 5.32 Å². The molecule has 25 heavy (non-hydrogen) atoms. The normalized spacial score (nSPS) is 13.4. The summed E-state index contributed by atoms with van der Waals surface area (Å²) in [6.07, 6.45) is 10.9. The first kappa shape index (κ1) is 17.7. The fourth-order valence-electron chi connectivity index (χ4n) is 3.86. The molecule has 0 atom stereocenters. The minimum absolute atomic E-state index is 0.105. The fraction of sp³-hybridized carbons (Fsp3) is 0.455. The van der Waals surface area contributed by atoms with Crippen LogP contribution in [0, 0.1) is 20.8 Å². The highest BCUT2D eigenvalue weighted by atomic mass is 16.1. The lowest BCUT2D eigenvalue weighted by atomic mass is 9.93. The predicted octanol–water partition coefficient (Wildman–Crippen LogP) is 4.20. The second-order valence-corrected chi connectivity index (χ2v) is 7.37. The van der Waals surface area contributed by atoms with E-state index in [2.05, 4.69) is 61.2 Å². The summed E-state index contributed by atoms with van der Waals surface area (Å²) in [6, 6.07) is 6.49. The van der Waals surface area contributed by atoms with Gasteiger partial charge in [0, 0.05) is 30.2 Å². The lowest BCUT2D eigenvalue weighted by Gasteiger charge is -2.14. The molecule has 1 N–H and O–H groups in total. The van der Waals surface area contributed by atoms with Crippen LogP contribution in [0.4, 0.5) is 5.69 Å². The van der Waals surface area contributed by atoms with Gasteiger partial charge in [0.05, 0.1) is 0 Å². The van der Waals surface area contributed by atoms with Gasteiger partial charge in [-0.2, -0.15) is 0 Å². The summed E-state index contributed by atoms with van der Waals surface area (Å²) in [6.45, 7) is 7.09. The summed E-state index contributed by atoms with van der Waals surface area (Å²) in [7, 11) is 0. The number of pyridine rings is 1. The molecule has 132 valence electrons. The molecule has 0 unspecified atom stereocenters. The second-order valence-electron chi connectivity index (χ2n) is 7.37. The molecule has 0 spiro atoms. The Bertz CT molecular complexity index is 757. The van der Waals surface area contributed by atoms with E-state index in [4.69, 9.17) is 0 Å². The van der Waals surface area contributed by atoms with Gasteiger partial charge in [-0.05, 0) is 63.1 Å². The molecule has 3 heteroatoms. The van der Waals surface area contributed by atoms with Crippen molar-refractivity contribution in [2.24, 2.45) is 0 Å². The first-order valence-electron chi connectivity index (χ1n) is 9.41. The highest BCUT2D eigenvalue weighted by Gasteiger charge is 2.14. The van der Waals surface area contributed by atoms with E-state index in [1.165, 1.54) is 42.4 Å². The van der Waals surface area contributed by atoms with Gasteiger partial charge in [-0.25, -0.2) is 4.57 Å². The number of nitrogens with zero attached hydrogens (tertiary/aromatic N) is 1. The van der Waals surface area contributed by atoms with E-state index in [1.807, 2.05) is 0 Å². The van der Waals surface area contributed by atoms with E-state index in [0.29, 0.717) is 6.42 Å². The number of nitrogens with one attached hydrogen (secondary N) is 1. The van der Waals surface area contributed by atoms with E-state index in [0.717, 1.165) is 29.8 Å². The second kappa shape index (κ2) is 7.81. The zero-order valence-electron chi connectivity index (χ0n) is 15.7. The molecular weight excluding hydrogens is 308 g/mol. The number of anilines is 1. The number of rotatable bonds is 5. The molecule has 0 aliphatic heterocycles. The van der Waals surface area contributed by atoms with Crippen molar-refractivity contribution in [1.82, 2.24) is 0 Å². The number of amides is 1. The summed E-state index contributed by atoms with van der Waals surface area (Å²) >= 11 is 0. The van der Waals surface area contributed by atoms with E-state index < -0.39 is 0 Å². The molecule has 1 aliphatic rings. The van der Waals surface area contributed by atoms with Crippen LogP contribution in [0.3, 0.4) is 0 Å². The lowest BCUT2D eigenvalue weighted by Crippen LogP contribution is -2.34. The molecule has 0 bridgehead atoms. The first-order chi connectivity index (χ1) is 12.0.